The number of esters is 3. The molecule has 0 fully saturated rings. The van der Waals surface area contributed by atoms with Gasteiger partial charge in [-0.1, -0.05) is 251 Å². The molecule has 0 heterocycles. The summed E-state index contributed by atoms with van der Waals surface area (Å²) >= 11 is 0. The van der Waals surface area contributed by atoms with Crippen LogP contribution in [0.2, 0.25) is 0 Å². The van der Waals surface area contributed by atoms with Crippen LogP contribution < -0.4 is 0 Å². The molecule has 0 saturated carbocycles. The van der Waals surface area contributed by atoms with Crippen molar-refractivity contribution in [1.82, 2.24) is 0 Å². The van der Waals surface area contributed by atoms with E-state index in [4.69, 9.17) is 14.2 Å². The summed E-state index contributed by atoms with van der Waals surface area (Å²) in [6.45, 7) is 6.65. The molecular weight excluding hydrogens is 757 g/mol. The van der Waals surface area contributed by atoms with Gasteiger partial charge in [0, 0.05) is 19.3 Å². The van der Waals surface area contributed by atoms with Crippen LogP contribution in [-0.2, 0) is 28.6 Å². The molecule has 0 N–H and O–H groups in total. The van der Waals surface area contributed by atoms with Gasteiger partial charge in [-0.05, 0) is 44.9 Å². The second-order valence-corrected chi connectivity index (χ2v) is 18.5. The number of unbranched alkanes of at least 4 members (excludes halogenated alkanes) is 37. The Hall–Kier alpha value is -1.85. The second-order valence-electron chi connectivity index (χ2n) is 18.5. The molecular formula is C55H104O6. The molecule has 0 aliphatic rings. The highest BCUT2D eigenvalue weighted by atomic mass is 16.6. The third-order valence-corrected chi connectivity index (χ3v) is 12.3. The number of hydrogen-bond donors (Lipinski definition) is 0. The second kappa shape index (κ2) is 50.8. The van der Waals surface area contributed by atoms with E-state index in [9.17, 15) is 14.4 Å². The Balaban J connectivity index is 4.26. The van der Waals surface area contributed by atoms with Gasteiger partial charge in [-0.2, -0.15) is 0 Å². The van der Waals surface area contributed by atoms with Crippen molar-refractivity contribution in [3.05, 3.63) is 12.2 Å². The van der Waals surface area contributed by atoms with Crippen LogP contribution in [0, 0.1) is 0 Å². The molecule has 0 aromatic carbocycles. The zero-order valence-electron chi connectivity index (χ0n) is 41.2. The molecule has 1 atom stereocenters. The first kappa shape index (κ1) is 59.1. The Kier molecular flexibility index (Phi) is 49.3. The standard InChI is InChI=1S/C55H104O6/c1-4-7-10-13-16-19-22-25-26-27-28-29-30-31-34-36-39-42-45-48-54(57)60-51-52(61-55(58)49-46-43-40-37-33-24-21-18-15-12-9-6-3)50-59-53(56)47-44-41-38-35-32-23-20-17-14-11-8-5-2/h18,21,52H,4-17,19-20,22-51H2,1-3H3/b21-18-. The molecule has 0 bridgehead atoms. The summed E-state index contributed by atoms with van der Waals surface area (Å²) in [5.74, 6) is -0.858. The number of rotatable bonds is 50. The van der Waals surface area contributed by atoms with Gasteiger partial charge in [0.15, 0.2) is 6.10 Å². The van der Waals surface area contributed by atoms with E-state index in [1.165, 1.54) is 199 Å². The maximum Gasteiger partial charge on any atom is 0.306 e. The average Bonchev–Trinajstić information content (AvgIpc) is 3.26. The highest BCUT2D eigenvalue weighted by Gasteiger charge is 2.19. The Morgan fingerprint density at radius 2 is 0.541 bits per heavy atom. The van der Waals surface area contributed by atoms with E-state index >= 15 is 0 Å². The first-order chi connectivity index (χ1) is 30.0. The van der Waals surface area contributed by atoms with E-state index in [0.717, 1.165) is 64.2 Å². The maximum absolute atomic E-state index is 12.8. The van der Waals surface area contributed by atoms with Gasteiger partial charge in [-0.3, -0.25) is 14.4 Å². The minimum atomic E-state index is -0.767. The van der Waals surface area contributed by atoms with Gasteiger partial charge >= 0.3 is 17.9 Å². The van der Waals surface area contributed by atoms with Crippen LogP contribution in [0.25, 0.3) is 0 Å². The van der Waals surface area contributed by atoms with E-state index in [0.29, 0.717) is 19.3 Å². The molecule has 0 aromatic heterocycles. The van der Waals surface area contributed by atoms with Crippen LogP contribution in [0.3, 0.4) is 0 Å². The quantitative estimate of drug-likeness (QED) is 0.0262. The molecule has 0 spiro atoms. The molecule has 0 aliphatic carbocycles. The third kappa shape index (κ3) is 49.0. The summed E-state index contributed by atoms with van der Waals surface area (Å²) in [5.41, 5.74) is 0. The van der Waals surface area contributed by atoms with E-state index in [1.54, 1.807) is 0 Å². The predicted octanol–water partition coefficient (Wildman–Crippen LogP) is 17.8. The Morgan fingerprint density at radius 3 is 0.852 bits per heavy atom. The molecule has 0 saturated heterocycles. The summed E-state index contributed by atoms with van der Waals surface area (Å²) in [7, 11) is 0. The van der Waals surface area contributed by atoms with Crippen LogP contribution in [-0.4, -0.2) is 37.2 Å². The fourth-order valence-electron chi connectivity index (χ4n) is 8.14. The summed E-state index contributed by atoms with van der Waals surface area (Å²) in [4.78, 5) is 38.0. The lowest BCUT2D eigenvalue weighted by molar-refractivity contribution is -0.167. The fourth-order valence-corrected chi connectivity index (χ4v) is 8.14. The van der Waals surface area contributed by atoms with Crippen molar-refractivity contribution in [3.8, 4) is 0 Å². The van der Waals surface area contributed by atoms with Crippen molar-refractivity contribution < 1.29 is 28.6 Å². The van der Waals surface area contributed by atoms with E-state index < -0.39 is 6.10 Å². The highest BCUT2D eigenvalue weighted by Crippen LogP contribution is 2.17. The monoisotopic (exact) mass is 861 g/mol. The summed E-state index contributed by atoms with van der Waals surface area (Å²) in [6.07, 6.45) is 56.3. The van der Waals surface area contributed by atoms with Gasteiger partial charge in [-0.25, -0.2) is 0 Å². The van der Waals surface area contributed by atoms with Gasteiger partial charge in [0.1, 0.15) is 13.2 Å². The fraction of sp³-hybridized carbons (Fsp3) is 0.909. The van der Waals surface area contributed by atoms with Gasteiger partial charge in [0.05, 0.1) is 0 Å². The summed E-state index contributed by atoms with van der Waals surface area (Å²) in [5, 5.41) is 0. The van der Waals surface area contributed by atoms with Crippen LogP contribution in [0.1, 0.15) is 303 Å². The minimum absolute atomic E-state index is 0.0679. The number of hydrogen-bond acceptors (Lipinski definition) is 6. The Bertz CT molecular complexity index is 947. The average molecular weight is 861 g/mol. The normalized spacial score (nSPS) is 12.0. The van der Waals surface area contributed by atoms with Crippen molar-refractivity contribution in [3.63, 3.8) is 0 Å². The van der Waals surface area contributed by atoms with Crippen LogP contribution in [0.4, 0.5) is 0 Å². The summed E-state index contributed by atoms with van der Waals surface area (Å²) in [6, 6.07) is 0. The lowest BCUT2D eigenvalue weighted by atomic mass is 10.0. The molecule has 0 amide bonds. The van der Waals surface area contributed by atoms with Gasteiger partial charge < -0.3 is 14.2 Å². The Labute approximate surface area is 380 Å². The number of carbonyl (C=O) groups is 3. The van der Waals surface area contributed by atoms with Crippen molar-refractivity contribution in [2.45, 2.75) is 309 Å². The first-order valence-electron chi connectivity index (χ1n) is 27.2. The van der Waals surface area contributed by atoms with Gasteiger partial charge in [0.2, 0.25) is 0 Å². The largest absolute Gasteiger partial charge is 0.462 e. The van der Waals surface area contributed by atoms with Crippen molar-refractivity contribution in [2.24, 2.45) is 0 Å². The van der Waals surface area contributed by atoms with Gasteiger partial charge in [0.25, 0.3) is 0 Å². The smallest absolute Gasteiger partial charge is 0.306 e. The number of ether oxygens (including phenoxy) is 3. The predicted molar refractivity (Wildman–Crippen MR) is 261 cm³/mol. The SMILES string of the molecule is CCCCC/C=C\CCCCCCCC(=O)OC(COC(=O)CCCCCCCCCCCCCC)COC(=O)CCCCCCCCCCCCCCCCCCCCC. The minimum Gasteiger partial charge on any atom is -0.462 e. The maximum atomic E-state index is 12.8. The third-order valence-electron chi connectivity index (χ3n) is 12.3. The van der Waals surface area contributed by atoms with Crippen LogP contribution >= 0.6 is 0 Å². The number of carbonyl (C=O) groups excluding carboxylic acids is 3. The molecule has 6 heteroatoms. The van der Waals surface area contributed by atoms with Crippen LogP contribution in [0.15, 0.2) is 12.2 Å². The lowest BCUT2D eigenvalue weighted by Crippen LogP contribution is -2.30. The van der Waals surface area contributed by atoms with E-state index in [1.807, 2.05) is 0 Å². The van der Waals surface area contributed by atoms with E-state index in [-0.39, 0.29) is 31.1 Å². The van der Waals surface area contributed by atoms with Crippen molar-refractivity contribution in [1.29, 1.82) is 0 Å². The molecule has 1 unspecified atom stereocenters. The summed E-state index contributed by atoms with van der Waals surface area (Å²) < 4.78 is 16.8. The zero-order chi connectivity index (χ0) is 44.4. The van der Waals surface area contributed by atoms with E-state index in [2.05, 4.69) is 32.9 Å². The van der Waals surface area contributed by atoms with Crippen molar-refractivity contribution in [2.75, 3.05) is 13.2 Å². The molecule has 0 aromatic rings. The Morgan fingerprint density at radius 1 is 0.311 bits per heavy atom. The molecule has 0 rings (SSSR count). The van der Waals surface area contributed by atoms with Crippen molar-refractivity contribution >= 4 is 17.9 Å². The molecule has 0 radical (unpaired) electrons. The zero-order valence-corrected chi connectivity index (χ0v) is 41.2. The van der Waals surface area contributed by atoms with Gasteiger partial charge in [-0.15, -0.1) is 0 Å². The van der Waals surface area contributed by atoms with Crippen LogP contribution in [0.5, 0.6) is 0 Å². The molecule has 360 valence electrons. The molecule has 61 heavy (non-hydrogen) atoms. The molecule has 6 nitrogen and oxygen atoms in total. The lowest BCUT2D eigenvalue weighted by Gasteiger charge is -2.18. The highest BCUT2D eigenvalue weighted by molar-refractivity contribution is 5.71. The molecule has 0 aliphatic heterocycles. The topological polar surface area (TPSA) is 78.9 Å². The first-order valence-corrected chi connectivity index (χ1v) is 27.2. The number of allylic oxidation sites excluding steroid dienone is 2.